The van der Waals surface area contributed by atoms with E-state index in [1.54, 1.807) is 0 Å². The van der Waals surface area contributed by atoms with Crippen LogP contribution in [0.5, 0.6) is 0 Å². The second-order valence-electron chi connectivity index (χ2n) is 2.42. The van der Waals surface area contributed by atoms with E-state index in [9.17, 15) is 4.39 Å². The number of nitrogens with one attached hydrogen (secondary N) is 1. The number of halogens is 3. The zero-order valence-corrected chi connectivity index (χ0v) is 7.38. The topological polar surface area (TPSA) is 15.8 Å². The lowest BCUT2D eigenvalue weighted by Crippen LogP contribution is -1.76. The third kappa shape index (κ3) is 0.993. The van der Waals surface area contributed by atoms with Crippen molar-refractivity contribution in [2.24, 2.45) is 0 Å². The van der Waals surface area contributed by atoms with Gasteiger partial charge in [-0.1, -0.05) is 23.2 Å². The number of rotatable bonds is 0. The van der Waals surface area contributed by atoms with Crippen molar-refractivity contribution >= 4 is 34.1 Å². The van der Waals surface area contributed by atoms with Crippen LogP contribution in [0.3, 0.4) is 0 Å². The fourth-order valence-corrected chi connectivity index (χ4v) is 1.59. The molecule has 1 aromatic heterocycles. The van der Waals surface area contributed by atoms with Crippen molar-refractivity contribution < 1.29 is 4.39 Å². The molecule has 0 atom stereocenters. The Morgan fingerprint density at radius 1 is 1.17 bits per heavy atom. The Balaban J connectivity index is 2.98. The molecule has 2 aromatic rings. The standard InChI is InChI=1S/C8H4Cl2FN/c9-4-1-2-6(11)7-5(10)3-12-8(4)7/h1-3,12H. The fraction of sp³-hybridized carbons (Fsp3) is 0. The van der Waals surface area contributed by atoms with Gasteiger partial charge < -0.3 is 4.98 Å². The zero-order chi connectivity index (χ0) is 8.72. The summed E-state index contributed by atoms with van der Waals surface area (Å²) in [4.78, 5) is 2.79. The maximum atomic E-state index is 13.1. The van der Waals surface area contributed by atoms with Gasteiger partial charge in [0, 0.05) is 6.20 Å². The average Bonchev–Trinajstić information content (AvgIpc) is 2.42. The van der Waals surface area contributed by atoms with Crippen molar-refractivity contribution in [1.82, 2.24) is 4.98 Å². The highest BCUT2D eigenvalue weighted by Crippen LogP contribution is 2.30. The highest BCUT2D eigenvalue weighted by Gasteiger charge is 2.09. The quantitative estimate of drug-likeness (QED) is 0.674. The summed E-state index contributed by atoms with van der Waals surface area (Å²) in [6, 6.07) is 2.79. The molecule has 62 valence electrons. The summed E-state index contributed by atoms with van der Waals surface area (Å²) in [7, 11) is 0. The molecule has 0 amide bonds. The lowest BCUT2D eigenvalue weighted by atomic mass is 10.2. The molecule has 0 fully saturated rings. The number of benzene rings is 1. The lowest BCUT2D eigenvalue weighted by molar-refractivity contribution is 0.640. The highest BCUT2D eigenvalue weighted by molar-refractivity contribution is 6.39. The van der Waals surface area contributed by atoms with Crippen molar-refractivity contribution in [3.63, 3.8) is 0 Å². The average molecular weight is 204 g/mol. The number of aromatic nitrogens is 1. The molecule has 1 N–H and O–H groups in total. The van der Waals surface area contributed by atoms with Crippen molar-refractivity contribution in [1.29, 1.82) is 0 Å². The van der Waals surface area contributed by atoms with Gasteiger partial charge in [0.25, 0.3) is 0 Å². The molecule has 0 unspecified atom stereocenters. The molecule has 1 aromatic carbocycles. The van der Waals surface area contributed by atoms with Crippen LogP contribution in [0.25, 0.3) is 10.9 Å². The van der Waals surface area contributed by atoms with Crippen molar-refractivity contribution in [2.75, 3.05) is 0 Å². The minimum absolute atomic E-state index is 0.351. The Kier molecular flexibility index (Phi) is 1.74. The maximum absolute atomic E-state index is 13.1. The van der Waals surface area contributed by atoms with Crippen LogP contribution < -0.4 is 0 Å². The van der Waals surface area contributed by atoms with Crippen LogP contribution in [0.2, 0.25) is 10.0 Å². The van der Waals surface area contributed by atoms with E-state index in [1.165, 1.54) is 18.3 Å². The fourth-order valence-electron chi connectivity index (χ4n) is 1.13. The Labute approximate surface area is 78.1 Å². The van der Waals surface area contributed by atoms with Crippen LogP contribution in [0.4, 0.5) is 4.39 Å². The Morgan fingerprint density at radius 2 is 1.92 bits per heavy atom. The molecule has 0 aliphatic rings. The second kappa shape index (κ2) is 2.64. The number of aromatic amines is 1. The van der Waals surface area contributed by atoms with Crippen LogP contribution in [-0.4, -0.2) is 4.98 Å². The van der Waals surface area contributed by atoms with Gasteiger partial charge in [-0.2, -0.15) is 0 Å². The first-order valence-electron chi connectivity index (χ1n) is 3.30. The van der Waals surface area contributed by atoms with Gasteiger partial charge in [0.05, 0.1) is 20.9 Å². The predicted molar refractivity (Wildman–Crippen MR) is 48.3 cm³/mol. The van der Waals surface area contributed by atoms with Crippen LogP contribution >= 0.6 is 23.2 Å². The van der Waals surface area contributed by atoms with E-state index in [0.717, 1.165) is 0 Å². The van der Waals surface area contributed by atoms with Crippen LogP contribution in [0.15, 0.2) is 18.3 Å². The monoisotopic (exact) mass is 203 g/mol. The molecule has 1 nitrogen and oxygen atoms in total. The molecule has 0 bridgehead atoms. The van der Waals surface area contributed by atoms with Gasteiger partial charge in [-0.25, -0.2) is 4.39 Å². The predicted octanol–water partition coefficient (Wildman–Crippen LogP) is 3.61. The molecule has 1 heterocycles. The largest absolute Gasteiger partial charge is 0.358 e. The van der Waals surface area contributed by atoms with Gasteiger partial charge in [0.1, 0.15) is 5.82 Å². The molecule has 12 heavy (non-hydrogen) atoms. The number of hydrogen-bond acceptors (Lipinski definition) is 0. The summed E-state index contributed by atoms with van der Waals surface area (Å²) in [6.45, 7) is 0. The Hall–Kier alpha value is -0.730. The summed E-state index contributed by atoms with van der Waals surface area (Å²) < 4.78 is 13.1. The molecule has 4 heteroatoms. The first-order chi connectivity index (χ1) is 5.70. The molecule has 0 saturated carbocycles. The molecule has 0 aliphatic heterocycles. The Bertz CT molecular complexity index is 436. The molecular weight excluding hydrogens is 200 g/mol. The summed E-state index contributed by atoms with van der Waals surface area (Å²) in [6.07, 6.45) is 1.52. The van der Waals surface area contributed by atoms with Gasteiger partial charge in [0.2, 0.25) is 0 Å². The van der Waals surface area contributed by atoms with Gasteiger partial charge in [-0.15, -0.1) is 0 Å². The summed E-state index contributed by atoms with van der Waals surface area (Å²) in [5.74, 6) is -0.361. The van der Waals surface area contributed by atoms with Gasteiger partial charge in [-0.05, 0) is 12.1 Å². The molecule has 2 rings (SSSR count). The highest BCUT2D eigenvalue weighted by atomic mass is 35.5. The van der Waals surface area contributed by atoms with E-state index < -0.39 is 0 Å². The van der Waals surface area contributed by atoms with E-state index in [2.05, 4.69) is 4.98 Å². The van der Waals surface area contributed by atoms with E-state index in [4.69, 9.17) is 23.2 Å². The van der Waals surface area contributed by atoms with Crippen LogP contribution in [0, 0.1) is 5.82 Å². The van der Waals surface area contributed by atoms with Crippen molar-refractivity contribution in [3.8, 4) is 0 Å². The molecule has 0 spiro atoms. The smallest absolute Gasteiger partial charge is 0.134 e. The van der Waals surface area contributed by atoms with E-state index in [1.807, 2.05) is 0 Å². The maximum Gasteiger partial charge on any atom is 0.134 e. The zero-order valence-electron chi connectivity index (χ0n) is 5.87. The normalized spacial score (nSPS) is 10.9. The summed E-state index contributed by atoms with van der Waals surface area (Å²) >= 11 is 11.5. The third-order valence-electron chi connectivity index (χ3n) is 1.69. The second-order valence-corrected chi connectivity index (χ2v) is 3.23. The number of hydrogen-bond donors (Lipinski definition) is 1. The first kappa shape index (κ1) is 7.90. The van der Waals surface area contributed by atoms with E-state index in [0.29, 0.717) is 20.9 Å². The Morgan fingerprint density at radius 3 is 2.58 bits per heavy atom. The summed E-state index contributed by atoms with van der Waals surface area (Å²) in [5, 5.41) is 1.17. The first-order valence-corrected chi connectivity index (χ1v) is 4.06. The van der Waals surface area contributed by atoms with Crippen molar-refractivity contribution in [2.45, 2.75) is 0 Å². The lowest BCUT2D eigenvalue weighted by Gasteiger charge is -1.94. The van der Waals surface area contributed by atoms with E-state index in [-0.39, 0.29) is 5.82 Å². The van der Waals surface area contributed by atoms with Gasteiger partial charge >= 0.3 is 0 Å². The minimum atomic E-state index is -0.361. The molecular formula is C8H4Cl2FN. The third-order valence-corrected chi connectivity index (χ3v) is 2.30. The minimum Gasteiger partial charge on any atom is -0.358 e. The number of fused-ring (bicyclic) bond motifs is 1. The molecule has 0 aliphatic carbocycles. The van der Waals surface area contributed by atoms with Crippen molar-refractivity contribution in [3.05, 3.63) is 34.2 Å². The molecule has 0 radical (unpaired) electrons. The van der Waals surface area contributed by atoms with Crippen LogP contribution in [0.1, 0.15) is 0 Å². The van der Waals surface area contributed by atoms with Crippen LogP contribution in [-0.2, 0) is 0 Å². The van der Waals surface area contributed by atoms with Gasteiger partial charge in [-0.3, -0.25) is 0 Å². The van der Waals surface area contributed by atoms with Gasteiger partial charge in [0.15, 0.2) is 0 Å². The van der Waals surface area contributed by atoms with E-state index >= 15 is 0 Å². The number of H-pyrrole nitrogens is 1. The summed E-state index contributed by atoms with van der Waals surface area (Å²) in [5.41, 5.74) is 0.543. The molecule has 0 saturated heterocycles. The SMILES string of the molecule is Fc1ccc(Cl)c2[nH]cc(Cl)c12.